The summed E-state index contributed by atoms with van der Waals surface area (Å²) < 4.78 is 14.2. The first-order valence-corrected chi connectivity index (χ1v) is 11.5. The highest BCUT2D eigenvalue weighted by molar-refractivity contribution is 5.89. The predicted molar refractivity (Wildman–Crippen MR) is 130 cm³/mol. The molecule has 1 saturated heterocycles. The molecule has 7 heteroatoms. The number of benzene rings is 2. The van der Waals surface area contributed by atoms with Gasteiger partial charge in [0.25, 0.3) is 5.56 Å². The second kappa shape index (κ2) is 9.75. The van der Waals surface area contributed by atoms with Gasteiger partial charge >= 0.3 is 6.03 Å². The number of H-pyrrole nitrogens is 1. The summed E-state index contributed by atoms with van der Waals surface area (Å²) in [7, 11) is 0. The zero-order valence-corrected chi connectivity index (χ0v) is 19.5. The van der Waals surface area contributed by atoms with Gasteiger partial charge in [-0.25, -0.2) is 9.18 Å². The highest BCUT2D eigenvalue weighted by Crippen LogP contribution is 2.22. The van der Waals surface area contributed by atoms with E-state index in [0.717, 1.165) is 48.0 Å². The Morgan fingerprint density at radius 1 is 1.24 bits per heavy atom. The molecule has 0 radical (unpaired) electrons. The van der Waals surface area contributed by atoms with Crippen molar-refractivity contribution in [2.75, 3.05) is 25.0 Å². The van der Waals surface area contributed by atoms with Gasteiger partial charge in [-0.2, -0.15) is 0 Å². The lowest BCUT2D eigenvalue weighted by atomic mass is 10.0. The average Bonchev–Trinajstić information content (AvgIpc) is 3.22. The molecule has 2 heterocycles. The van der Waals surface area contributed by atoms with Crippen molar-refractivity contribution >= 4 is 22.6 Å². The maximum Gasteiger partial charge on any atom is 0.322 e. The van der Waals surface area contributed by atoms with Crippen LogP contribution in [0.25, 0.3) is 10.9 Å². The molecule has 0 spiro atoms. The number of urea groups is 1. The molecule has 4 rings (SSSR count). The smallest absolute Gasteiger partial charge is 0.322 e. The Morgan fingerprint density at radius 3 is 2.79 bits per heavy atom. The molecule has 0 saturated carbocycles. The van der Waals surface area contributed by atoms with Crippen LogP contribution in [-0.2, 0) is 6.54 Å². The molecule has 1 aliphatic rings. The minimum atomic E-state index is -0.489. The number of carbonyl (C=O) groups excluding carboxylic acids is 1. The van der Waals surface area contributed by atoms with Crippen LogP contribution in [0.2, 0.25) is 0 Å². The molecule has 1 fully saturated rings. The number of amides is 2. The summed E-state index contributed by atoms with van der Waals surface area (Å²) in [6, 6.07) is 11.8. The number of nitrogens with one attached hydrogen (secondary N) is 2. The van der Waals surface area contributed by atoms with Crippen molar-refractivity contribution in [3.63, 3.8) is 0 Å². The number of likely N-dealkylation sites (N-methyl/N-ethyl adjacent to an activating group) is 1. The number of rotatable bonds is 6. The Labute approximate surface area is 193 Å². The third-order valence-electron chi connectivity index (χ3n) is 6.49. The Hall–Kier alpha value is -3.19. The summed E-state index contributed by atoms with van der Waals surface area (Å²) in [6.07, 6.45) is 2.07. The van der Waals surface area contributed by atoms with E-state index < -0.39 is 11.8 Å². The van der Waals surface area contributed by atoms with Crippen molar-refractivity contribution in [1.29, 1.82) is 0 Å². The Kier molecular flexibility index (Phi) is 6.79. The largest absolute Gasteiger partial charge is 0.322 e. The molecule has 1 atom stereocenters. The van der Waals surface area contributed by atoms with E-state index in [1.54, 1.807) is 17.0 Å². The fourth-order valence-corrected chi connectivity index (χ4v) is 4.79. The maximum absolute atomic E-state index is 14.2. The average molecular weight is 451 g/mol. The lowest BCUT2D eigenvalue weighted by molar-refractivity contribution is 0.174. The first kappa shape index (κ1) is 23.0. The minimum absolute atomic E-state index is 0.130. The van der Waals surface area contributed by atoms with Crippen LogP contribution in [0.1, 0.15) is 36.5 Å². The molecule has 1 aromatic heterocycles. The summed E-state index contributed by atoms with van der Waals surface area (Å²) in [5, 5.41) is 3.65. The predicted octanol–water partition coefficient (Wildman–Crippen LogP) is 4.80. The van der Waals surface area contributed by atoms with Crippen LogP contribution in [0.5, 0.6) is 0 Å². The number of fused-ring (bicyclic) bond motifs is 1. The van der Waals surface area contributed by atoms with E-state index in [4.69, 9.17) is 0 Å². The number of carbonyl (C=O) groups is 1. The molecule has 0 bridgehead atoms. The van der Waals surface area contributed by atoms with Crippen LogP contribution in [-0.4, -0.2) is 46.5 Å². The third-order valence-corrected chi connectivity index (χ3v) is 6.49. The monoisotopic (exact) mass is 450 g/mol. The molecule has 3 aromatic rings. The van der Waals surface area contributed by atoms with Gasteiger partial charge in [-0.1, -0.05) is 25.1 Å². The molecule has 6 nitrogen and oxygen atoms in total. The highest BCUT2D eigenvalue weighted by atomic mass is 19.1. The molecule has 2 N–H and O–H groups in total. The van der Waals surface area contributed by atoms with E-state index in [2.05, 4.69) is 28.2 Å². The molecule has 0 aliphatic carbocycles. The lowest BCUT2D eigenvalue weighted by Crippen LogP contribution is -2.45. The number of aromatic nitrogens is 1. The van der Waals surface area contributed by atoms with E-state index in [9.17, 15) is 14.0 Å². The number of pyridine rings is 1. The minimum Gasteiger partial charge on any atom is -0.322 e. The van der Waals surface area contributed by atoms with Crippen LogP contribution < -0.4 is 10.9 Å². The van der Waals surface area contributed by atoms with E-state index in [1.807, 2.05) is 26.0 Å². The third kappa shape index (κ3) is 5.09. The number of halogens is 1. The Morgan fingerprint density at radius 2 is 2.03 bits per heavy atom. The molecular formula is C26H31FN4O2. The van der Waals surface area contributed by atoms with Gasteiger partial charge in [0.05, 0.1) is 12.2 Å². The van der Waals surface area contributed by atoms with Crippen molar-refractivity contribution in [3.05, 3.63) is 75.3 Å². The zero-order chi connectivity index (χ0) is 23.5. The summed E-state index contributed by atoms with van der Waals surface area (Å²) in [5.41, 5.74) is 3.36. The van der Waals surface area contributed by atoms with Gasteiger partial charge in [-0.15, -0.1) is 0 Å². The fraction of sp³-hybridized carbons (Fsp3) is 0.385. The fourth-order valence-electron chi connectivity index (χ4n) is 4.79. The molecule has 174 valence electrons. The number of hydrogen-bond acceptors (Lipinski definition) is 3. The number of anilines is 1. The van der Waals surface area contributed by atoms with Gasteiger partial charge in [0.1, 0.15) is 5.82 Å². The molecular weight excluding hydrogens is 419 g/mol. The molecule has 33 heavy (non-hydrogen) atoms. The summed E-state index contributed by atoms with van der Waals surface area (Å²) in [4.78, 5) is 33.1. The number of nitrogens with zero attached hydrogens (tertiary/aromatic N) is 2. The van der Waals surface area contributed by atoms with Gasteiger partial charge < -0.3 is 15.2 Å². The van der Waals surface area contributed by atoms with E-state index >= 15 is 0 Å². The number of para-hydroxylation sites is 1. The van der Waals surface area contributed by atoms with E-state index in [1.165, 1.54) is 12.1 Å². The van der Waals surface area contributed by atoms with Crippen LogP contribution >= 0.6 is 0 Å². The Balaban J connectivity index is 1.65. The number of aromatic amines is 1. The van der Waals surface area contributed by atoms with Gasteiger partial charge in [-0.3, -0.25) is 9.69 Å². The standard InChI is InChI=1S/C26H31FN4O2/c1-4-30-11-7-8-20(30)16-31(26(33)29-23-10-6-5-9-22(23)27)15-19-14-21-18(3)12-17(2)13-24(21)28-25(19)32/h5-6,9-10,12-14,20H,4,7-8,11,15-16H2,1-3H3,(H,28,32)(H,29,33)/t20-/m0/s1. The first-order chi connectivity index (χ1) is 15.9. The van der Waals surface area contributed by atoms with Crippen molar-refractivity contribution in [2.24, 2.45) is 0 Å². The van der Waals surface area contributed by atoms with E-state index in [0.29, 0.717) is 12.1 Å². The SMILES string of the molecule is CCN1CCC[C@H]1CN(Cc1cc2c(C)cc(C)cc2[nH]c1=O)C(=O)Nc1ccccc1F. The van der Waals surface area contributed by atoms with Crippen LogP contribution in [0.15, 0.2) is 47.3 Å². The van der Waals surface area contributed by atoms with Crippen LogP contribution in [0, 0.1) is 19.7 Å². The second-order valence-corrected chi connectivity index (χ2v) is 8.88. The van der Waals surface area contributed by atoms with Crippen molar-refractivity contribution in [1.82, 2.24) is 14.8 Å². The van der Waals surface area contributed by atoms with Crippen molar-refractivity contribution in [3.8, 4) is 0 Å². The number of likely N-dealkylation sites (tertiary alicyclic amines) is 1. The van der Waals surface area contributed by atoms with Crippen LogP contribution in [0.3, 0.4) is 0 Å². The summed E-state index contributed by atoms with van der Waals surface area (Å²) >= 11 is 0. The topological polar surface area (TPSA) is 68.4 Å². The summed E-state index contributed by atoms with van der Waals surface area (Å²) in [5.74, 6) is -0.489. The maximum atomic E-state index is 14.2. The quantitative estimate of drug-likeness (QED) is 0.567. The molecule has 0 unspecified atom stereocenters. The second-order valence-electron chi connectivity index (χ2n) is 8.88. The number of aryl methyl sites for hydroxylation is 2. The van der Waals surface area contributed by atoms with Gasteiger partial charge in [0.15, 0.2) is 0 Å². The van der Waals surface area contributed by atoms with Gasteiger partial charge in [-0.05, 0) is 75.2 Å². The molecule has 2 aromatic carbocycles. The van der Waals surface area contributed by atoms with Crippen LogP contribution in [0.4, 0.5) is 14.9 Å². The Bertz CT molecular complexity index is 1220. The molecule has 1 aliphatic heterocycles. The van der Waals surface area contributed by atoms with E-state index in [-0.39, 0.29) is 23.8 Å². The normalized spacial score (nSPS) is 16.3. The lowest BCUT2D eigenvalue weighted by Gasteiger charge is -2.30. The summed E-state index contributed by atoms with van der Waals surface area (Å²) in [6.45, 7) is 8.64. The zero-order valence-electron chi connectivity index (χ0n) is 19.5. The van der Waals surface area contributed by atoms with Crippen molar-refractivity contribution < 1.29 is 9.18 Å². The highest BCUT2D eigenvalue weighted by Gasteiger charge is 2.28. The number of hydrogen-bond donors (Lipinski definition) is 2. The van der Waals surface area contributed by atoms with Crippen molar-refractivity contribution in [2.45, 2.75) is 46.2 Å². The van der Waals surface area contributed by atoms with Gasteiger partial charge in [0.2, 0.25) is 0 Å². The first-order valence-electron chi connectivity index (χ1n) is 11.5. The van der Waals surface area contributed by atoms with Gasteiger partial charge in [0, 0.05) is 29.1 Å². The molecule has 2 amide bonds.